The van der Waals surface area contributed by atoms with Gasteiger partial charge in [0.1, 0.15) is 6.10 Å². The van der Waals surface area contributed by atoms with Crippen LogP contribution in [0.4, 0.5) is 0 Å². The van der Waals surface area contributed by atoms with Crippen LogP contribution in [0.15, 0.2) is 24.1 Å². The highest BCUT2D eigenvalue weighted by Gasteiger charge is 2.46. The van der Waals surface area contributed by atoms with Crippen molar-refractivity contribution in [3.8, 4) is 0 Å². The first-order valence-electron chi connectivity index (χ1n) is 9.14. The Morgan fingerprint density at radius 2 is 1.93 bits per heavy atom. The minimum atomic E-state index is -2.23. The van der Waals surface area contributed by atoms with Crippen molar-refractivity contribution in [2.24, 2.45) is 5.92 Å². The molecule has 0 bridgehead atoms. The SMILES string of the molecule is C=CC[C@@H](C)[C@H](O[Si](C)(C)C(C)(C)C)[C@@H](OC)/C(O)=C(\[N+]#N)C(=O)OCC. The zero-order valence-electron chi connectivity index (χ0n) is 17.9. The van der Waals surface area contributed by atoms with Crippen LogP contribution in [0.3, 0.4) is 0 Å². The van der Waals surface area contributed by atoms with E-state index in [1.165, 1.54) is 7.11 Å². The molecule has 1 N–H and O–H groups in total. The first-order valence-corrected chi connectivity index (χ1v) is 12.1. The zero-order chi connectivity index (χ0) is 21.4. The Kier molecular flexibility index (Phi) is 9.93. The summed E-state index contributed by atoms with van der Waals surface area (Å²) in [6.07, 6.45) is 0.824. The fraction of sp³-hybridized carbons (Fsp3) is 0.737. The Bertz CT molecular complexity index is 590. The fourth-order valence-corrected chi connectivity index (χ4v) is 3.71. The molecule has 3 atom stereocenters. The highest BCUT2D eigenvalue weighted by Crippen LogP contribution is 2.39. The Labute approximate surface area is 164 Å². The number of allylic oxidation sites excluding steroid dienone is 1. The third-order valence-electron chi connectivity index (χ3n) is 4.97. The first-order chi connectivity index (χ1) is 12.4. The van der Waals surface area contributed by atoms with E-state index in [-0.39, 0.29) is 17.6 Å². The maximum Gasteiger partial charge on any atom is 0.508 e. The molecule has 0 spiro atoms. The van der Waals surface area contributed by atoms with Crippen molar-refractivity contribution >= 4 is 14.3 Å². The summed E-state index contributed by atoms with van der Waals surface area (Å²) in [6.45, 7) is 17.9. The average Bonchev–Trinajstić information content (AvgIpc) is 2.54. The Morgan fingerprint density at radius 1 is 1.37 bits per heavy atom. The summed E-state index contributed by atoms with van der Waals surface area (Å²) in [5.41, 5.74) is -0.585. The Balaban J connectivity index is 6.15. The molecule has 0 unspecified atom stereocenters. The fourth-order valence-electron chi connectivity index (χ4n) is 2.32. The summed E-state index contributed by atoms with van der Waals surface area (Å²) in [6, 6.07) is 0. The van der Waals surface area contributed by atoms with Gasteiger partial charge < -0.3 is 19.0 Å². The number of hydrogen-bond donors (Lipinski definition) is 1. The molecule has 0 aliphatic rings. The number of esters is 1. The van der Waals surface area contributed by atoms with Gasteiger partial charge in [0, 0.05) is 7.11 Å². The van der Waals surface area contributed by atoms with E-state index >= 15 is 0 Å². The molecule has 0 heterocycles. The van der Waals surface area contributed by atoms with E-state index in [0.717, 1.165) is 0 Å². The summed E-state index contributed by atoms with van der Waals surface area (Å²) in [5, 5.41) is 19.8. The van der Waals surface area contributed by atoms with Gasteiger partial charge in [-0.15, -0.1) is 6.58 Å². The van der Waals surface area contributed by atoms with Crippen LogP contribution in [0.25, 0.3) is 4.98 Å². The molecule has 7 nitrogen and oxygen atoms in total. The van der Waals surface area contributed by atoms with Gasteiger partial charge in [0.05, 0.1) is 12.7 Å². The van der Waals surface area contributed by atoms with Crippen LogP contribution in [0, 0.1) is 11.3 Å². The van der Waals surface area contributed by atoms with E-state index in [1.54, 1.807) is 13.0 Å². The monoisotopic (exact) mass is 399 g/mol. The number of aliphatic hydroxyl groups is 1. The molecule has 154 valence electrons. The number of aliphatic hydroxyl groups excluding tert-OH is 1. The highest BCUT2D eigenvalue weighted by atomic mass is 28.4. The molecule has 0 rings (SSSR count). The van der Waals surface area contributed by atoms with E-state index in [1.807, 2.05) is 6.92 Å². The highest BCUT2D eigenvalue weighted by molar-refractivity contribution is 6.74. The molecule has 0 aliphatic heterocycles. The van der Waals surface area contributed by atoms with Crippen LogP contribution < -0.4 is 0 Å². The second-order valence-electron chi connectivity index (χ2n) is 8.06. The van der Waals surface area contributed by atoms with Crippen molar-refractivity contribution in [3.63, 3.8) is 0 Å². The summed E-state index contributed by atoms with van der Waals surface area (Å²) in [5.74, 6) is -1.51. The van der Waals surface area contributed by atoms with Gasteiger partial charge in [-0.1, -0.05) is 33.8 Å². The number of hydrogen-bond acceptors (Lipinski definition) is 6. The predicted molar refractivity (Wildman–Crippen MR) is 108 cm³/mol. The maximum absolute atomic E-state index is 12.0. The minimum absolute atomic E-state index is 0.0640. The molecule has 8 heteroatoms. The topological polar surface area (TPSA) is 93.1 Å². The molecular weight excluding hydrogens is 364 g/mol. The van der Waals surface area contributed by atoms with Crippen molar-refractivity contribution in [2.75, 3.05) is 13.7 Å². The van der Waals surface area contributed by atoms with E-state index in [0.29, 0.717) is 6.42 Å². The molecule has 0 saturated carbocycles. The summed E-state index contributed by atoms with van der Waals surface area (Å²) in [7, 11) is -0.823. The van der Waals surface area contributed by atoms with Gasteiger partial charge >= 0.3 is 11.7 Å². The van der Waals surface area contributed by atoms with Gasteiger partial charge in [0.2, 0.25) is 11.2 Å². The van der Waals surface area contributed by atoms with Crippen LogP contribution in [0.1, 0.15) is 41.0 Å². The van der Waals surface area contributed by atoms with Crippen molar-refractivity contribution in [3.05, 3.63) is 29.1 Å². The van der Waals surface area contributed by atoms with Gasteiger partial charge in [-0.25, -0.2) is 4.79 Å². The molecule has 0 aromatic rings. The van der Waals surface area contributed by atoms with E-state index < -0.39 is 38.0 Å². The second-order valence-corrected chi connectivity index (χ2v) is 12.8. The number of methoxy groups -OCH3 is 1. The zero-order valence-corrected chi connectivity index (χ0v) is 18.9. The van der Waals surface area contributed by atoms with Gasteiger partial charge in [-0.3, -0.25) is 0 Å². The normalized spacial score (nSPS) is 16.6. The molecule has 0 aliphatic carbocycles. The molecule has 0 radical (unpaired) electrons. The minimum Gasteiger partial charge on any atom is -0.503 e. The third-order valence-corrected chi connectivity index (χ3v) is 9.44. The molecule has 0 aromatic carbocycles. The quantitative estimate of drug-likeness (QED) is 0.142. The predicted octanol–water partition coefficient (Wildman–Crippen LogP) is 4.79. The number of carbonyl (C=O) groups is 1. The second kappa shape index (κ2) is 10.6. The largest absolute Gasteiger partial charge is 0.508 e. The van der Waals surface area contributed by atoms with Crippen molar-refractivity contribution in [2.45, 2.75) is 71.4 Å². The van der Waals surface area contributed by atoms with Gasteiger partial charge in [0.25, 0.3) is 0 Å². The number of diazo groups is 1. The van der Waals surface area contributed by atoms with Crippen molar-refractivity contribution in [1.29, 1.82) is 5.39 Å². The van der Waals surface area contributed by atoms with Crippen LogP contribution in [-0.2, 0) is 18.7 Å². The van der Waals surface area contributed by atoms with Crippen LogP contribution >= 0.6 is 0 Å². The van der Waals surface area contributed by atoms with E-state index in [9.17, 15) is 15.3 Å². The Hall–Kier alpha value is -1.69. The lowest BCUT2D eigenvalue weighted by atomic mass is 9.95. The molecule has 0 saturated heterocycles. The van der Waals surface area contributed by atoms with E-state index in [2.05, 4.69) is 45.4 Å². The maximum atomic E-state index is 12.0. The lowest BCUT2D eigenvalue weighted by Crippen LogP contribution is -2.50. The molecular formula is C19H35N2O5Si+. The van der Waals surface area contributed by atoms with Crippen LogP contribution in [0.5, 0.6) is 0 Å². The summed E-state index contributed by atoms with van der Waals surface area (Å²) < 4.78 is 16.8. The number of carbonyl (C=O) groups excluding carboxylic acids is 1. The van der Waals surface area contributed by atoms with Crippen molar-refractivity contribution in [1.82, 2.24) is 0 Å². The summed E-state index contributed by atoms with van der Waals surface area (Å²) in [4.78, 5) is 14.9. The van der Waals surface area contributed by atoms with Gasteiger partial charge in [-0.2, -0.15) is 0 Å². The first kappa shape index (κ1) is 25.3. The third kappa shape index (κ3) is 6.76. The average molecular weight is 400 g/mol. The standard InChI is InChI=1S/C19H34N2O5Si/c1-10-12-13(3)16(26-27(8,9)19(4,5)6)17(24-7)15(22)14(21-20)18(23)25-11-2/h10,13,16-17H,1,11-12H2,2-9H3/p+1/t13-,16+,17+/m1/s1. The van der Waals surface area contributed by atoms with Gasteiger partial charge in [-0.05, 0) is 37.4 Å². The lowest BCUT2D eigenvalue weighted by molar-refractivity contribution is -0.138. The molecule has 0 fully saturated rings. The molecule has 27 heavy (non-hydrogen) atoms. The van der Waals surface area contributed by atoms with Gasteiger partial charge in [0.15, 0.2) is 13.3 Å². The number of ether oxygens (including phenoxy) is 2. The van der Waals surface area contributed by atoms with E-state index in [4.69, 9.17) is 13.9 Å². The van der Waals surface area contributed by atoms with Crippen LogP contribution in [0.2, 0.25) is 18.1 Å². The molecule has 0 amide bonds. The van der Waals surface area contributed by atoms with Crippen molar-refractivity contribution < 1.29 is 23.8 Å². The lowest BCUT2D eigenvalue weighted by Gasteiger charge is -2.42. The number of nitrogens with zero attached hydrogens (tertiary/aromatic N) is 2. The number of rotatable bonds is 10. The molecule has 0 aromatic heterocycles. The Morgan fingerprint density at radius 3 is 2.30 bits per heavy atom. The summed E-state index contributed by atoms with van der Waals surface area (Å²) >= 11 is 0. The van der Waals surface area contributed by atoms with Crippen LogP contribution in [-0.4, -0.2) is 45.3 Å². The smallest absolute Gasteiger partial charge is 0.503 e.